The number of nitrogens with zero attached hydrogens (tertiary/aromatic N) is 1. The normalized spacial score (nSPS) is 55.0. The monoisotopic (exact) mass is 219 g/mol. The van der Waals surface area contributed by atoms with Gasteiger partial charge in [0.1, 0.15) is 6.29 Å². The first kappa shape index (κ1) is 9.64. The Morgan fingerprint density at radius 2 is 1.75 bits per heavy atom. The molecule has 2 heteroatoms. The molecule has 1 aliphatic heterocycles. The average Bonchev–Trinajstić information content (AvgIpc) is 2.19. The molecule has 0 aromatic carbocycles. The largest absolute Gasteiger partial charge is 0.303 e. The summed E-state index contributed by atoms with van der Waals surface area (Å²) in [7, 11) is 0. The molecule has 2 nitrogen and oxygen atoms in total. The predicted molar refractivity (Wildman–Crippen MR) is 62.0 cm³/mol. The van der Waals surface area contributed by atoms with Crippen LogP contribution in [-0.2, 0) is 4.79 Å². The van der Waals surface area contributed by atoms with Crippen molar-refractivity contribution in [3.05, 3.63) is 0 Å². The Labute approximate surface area is 97.4 Å². The maximum Gasteiger partial charge on any atom is 0.127 e. The van der Waals surface area contributed by atoms with Gasteiger partial charge in [-0.15, -0.1) is 0 Å². The summed E-state index contributed by atoms with van der Waals surface area (Å²) in [5.41, 5.74) is 0.0785. The van der Waals surface area contributed by atoms with Crippen LogP contribution in [0.2, 0.25) is 0 Å². The molecule has 16 heavy (non-hydrogen) atoms. The standard InChI is InChI=1S/C14H21NO/c16-9-14-7-10-4-11(8-14)6-12(5-10)13(14)15-2-1-3-15/h9-13H,1-8H2. The Kier molecular flexibility index (Phi) is 1.86. The summed E-state index contributed by atoms with van der Waals surface area (Å²) in [5.74, 6) is 2.64. The molecule has 0 aromatic heterocycles. The molecule has 4 saturated carbocycles. The Morgan fingerprint density at radius 1 is 1.06 bits per heavy atom. The Morgan fingerprint density at radius 3 is 2.25 bits per heavy atom. The molecular weight excluding hydrogens is 198 g/mol. The molecule has 0 amide bonds. The van der Waals surface area contributed by atoms with Crippen LogP contribution >= 0.6 is 0 Å². The fraction of sp³-hybridized carbons (Fsp3) is 0.929. The van der Waals surface area contributed by atoms with Crippen LogP contribution in [0.4, 0.5) is 0 Å². The van der Waals surface area contributed by atoms with Gasteiger partial charge in [0.15, 0.2) is 0 Å². The van der Waals surface area contributed by atoms with E-state index in [9.17, 15) is 4.79 Å². The van der Waals surface area contributed by atoms with Crippen LogP contribution in [-0.4, -0.2) is 30.3 Å². The molecular formula is C14H21NO. The molecule has 0 aromatic rings. The van der Waals surface area contributed by atoms with Gasteiger partial charge in [-0.3, -0.25) is 4.90 Å². The summed E-state index contributed by atoms with van der Waals surface area (Å²) in [5, 5.41) is 0. The summed E-state index contributed by atoms with van der Waals surface area (Å²) in [4.78, 5) is 14.3. The molecule has 0 spiro atoms. The van der Waals surface area contributed by atoms with Gasteiger partial charge in [-0.1, -0.05) is 0 Å². The SMILES string of the molecule is O=CC12CC3CC(CC(C3)C1N1CCC1)C2. The first-order valence-electron chi connectivity index (χ1n) is 7.01. The minimum absolute atomic E-state index is 0.0785. The molecule has 4 bridgehead atoms. The van der Waals surface area contributed by atoms with Gasteiger partial charge in [0.25, 0.3) is 0 Å². The summed E-state index contributed by atoms with van der Waals surface area (Å²) in [6.07, 6.45) is 9.42. The Balaban J connectivity index is 1.71. The van der Waals surface area contributed by atoms with Crippen LogP contribution in [0.15, 0.2) is 0 Å². The minimum Gasteiger partial charge on any atom is -0.303 e. The highest BCUT2D eigenvalue weighted by Crippen LogP contribution is 2.60. The lowest BCUT2D eigenvalue weighted by molar-refractivity contribution is -0.156. The zero-order chi connectivity index (χ0) is 10.8. The van der Waals surface area contributed by atoms with Crippen molar-refractivity contribution in [1.29, 1.82) is 0 Å². The van der Waals surface area contributed by atoms with Gasteiger partial charge in [0.05, 0.1) is 0 Å². The molecule has 0 radical (unpaired) electrons. The van der Waals surface area contributed by atoms with E-state index in [0.717, 1.165) is 17.8 Å². The third kappa shape index (κ3) is 1.09. The molecule has 3 unspecified atom stereocenters. The van der Waals surface area contributed by atoms with Gasteiger partial charge in [-0.05, 0) is 69.4 Å². The second-order valence-corrected chi connectivity index (χ2v) is 6.79. The predicted octanol–water partition coefficient (Wildman–Crippen LogP) is 2.09. The van der Waals surface area contributed by atoms with E-state index >= 15 is 0 Å². The zero-order valence-electron chi connectivity index (χ0n) is 9.90. The van der Waals surface area contributed by atoms with Crippen molar-refractivity contribution in [2.24, 2.45) is 23.2 Å². The summed E-state index contributed by atoms with van der Waals surface area (Å²) >= 11 is 0. The van der Waals surface area contributed by atoms with E-state index in [1.54, 1.807) is 0 Å². The number of hydrogen-bond acceptors (Lipinski definition) is 2. The van der Waals surface area contributed by atoms with E-state index in [4.69, 9.17) is 0 Å². The average molecular weight is 219 g/mol. The Bertz CT molecular complexity index is 309. The maximum absolute atomic E-state index is 11.7. The highest BCUT2D eigenvalue weighted by Gasteiger charge is 2.59. The third-order valence-electron chi connectivity index (χ3n) is 5.83. The lowest BCUT2D eigenvalue weighted by Gasteiger charge is -2.63. The van der Waals surface area contributed by atoms with Crippen LogP contribution < -0.4 is 0 Å². The number of carbonyl (C=O) groups is 1. The van der Waals surface area contributed by atoms with Crippen molar-refractivity contribution >= 4 is 6.29 Å². The van der Waals surface area contributed by atoms with Gasteiger partial charge < -0.3 is 4.79 Å². The zero-order valence-corrected chi connectivity index (χ0v) is 9.90. The van der Waals surface area contributed by atoms with Gasteiger partial charge >= 0.3 is 0 Å². The second kappa shape index (κ2) is 3.10. The number of aldehydes is 1. The van der Waals surface area contributed by atoms with E-state index in [0.29, 0.717) is 6.04 Å². The second-order valence-electron chi connectivity index (χ2n) is 6.79. The van der Waals surface area contributed by atoms with Crippen LogP contribution in [0.3, 0.4) is 0 Å². The number of rotatable bonds is 2. The number of likely N-dealkylation sites (tertiary alicyclic amines) is 1. The molecule has 5 rings (SSSR count). The van der Waals surface area contributed by atoms with E-state index in [2.05, 4.69) is 4.90 Å². The molecule has 1 saturated heterocycles. The first-order valence-corrected chi connectivity index (χ1v) is 7.01. The van der Waals surface area contributed by atoms with Gasteiger partial charge in [0, 0.05) is 11.5 Å². The lowest BCUT2D eigenvalue weighted by Crippen LogP contribution is -2.65. The molecule has 5 aliphatic rings. The summed E-state index contributed by atoms with van der Waals surface area (Å²) in [6, 6.07) is 0.631. The van der Waals surface area contributed by atoms with Crippen molar-refractivity contribution in [2.45, 2.75) is 44.6 Å². The van der Waals surface area contributed by atoms with E-state index in [1.807, 2.05) is 0 Å². The fourth-order valence-electron chi connectivity index (χ4n) is 5.52. The molecule has 1 heterocycles. The quantitative estimate of drug-likeness (QED) is 0.663. The van der Waals surface area contributed by atoms with Crippen molar-refractivity contribution in [2.75, 3.05) is 13.1 Å². The van der Waals surface area contributed by atoms with Crippen LogP contribution in [0.25, 0.3) is 0 Å². The molecule has 3 atom stereocenters. The van der Waals surface area contributed by atoms with E-state index < -0.39 is 0 Å². The van der Waals surface area contributed by atoms with Crippen molar-refractivity contribution in [3.63, 3.8) is 0 Å². The van der Waals surface area contributed by atoms with Crippen molar-refractivity contribution in [1.82, 2.24) is 4.90 Å². The van der Waals surface area contributed by atoms with E-state index in [-0.39, 0.29) is 5.41 Å². The maximum atomic E-state index is 11.7. The topological polar surface area (TPSA) is 20.3 Å². The summed E-state index contributed by atoms with van der Waals surface area (Å²) in [6.45, 7) is 2.51. The third-order valence-corrected chi connectivity index (χ3v) is 5.83. The van der Waals surface area contributed by atoms with Gasteiger partial charge in [0.2, 0.25) is 0 Å². The molecule has 0 N–H and O–H groups in total. The van der Waals surface area contributed by atoms with Crippen LogP contribution in [0.5, 0.6) is 0 Å². The minimum atomic E-state index is 0.0785. The van der Waals surface area contributed by atoms with Crippen molar-refractivity contribution in [3.8, 4) is 0 Å². The number of carbonyl (C=O) groups excluding carboxylic acids is 1. The lowest BCUT2D eigenvalue weighted by atomic mass is 9.47. The smallest absolute Gasteiger partial charge is 0.127 e. The molecule has 5 fully saturated rings. The van der Waals surface area contributed by atoms with Gasteiger partial charge in [-0.25, -0.2) is 0 Å². The highest BCUT2D eigenvalue weighted by atomic mass is 16.1. The summed E-state index contributed by atoms with van der Waals surface area (Å²) < 4.78 is 0. The fourth-order valence-corrected chi connectivity index (χ4v) is 5.52. The van der Waals surface area contributed by atoms with Gasteiger partial charge in [-0.2, -0.15) is 0 Å². The van der Waals surface area contributed by atoms with Crippen LogP contribution in [0.1, 0.15) is 38.5 Å². The molecule has 88 valence electrons. The number of hydrogen-bond donors (Lipinski definition) is 0. The molecule has 4 aliphatic carbocycles. The van der Waals surface area contributed by atoms with Crippen molar-refractivity contribution < 1.29 is 4.79 Å². The first-order chi connectivity index (χ1) is 7.81. The van der Waals surface area contributed by atoms with Crippen LogP contribution in [0, 0.1) is 23.2 Å². The van der Waals surface area contributed by atoms with E-state index in [1.165, 1.54) is 57.9 Å². The Hall–Kier alpha value is -0.370. The highest BCUT2D eigenvalue weighted by molar-refractivity contribution is 5.62.